The van der Waals surface area contributed by atoms with Crippen molar-refractivity contribution in [3.05, 3.63) is 12.2 Å². The van der Waals surface area contributed by atoms with E-state index >= 15 is 0 Å². The van der Waals surface area contributed by atoms with Crippen LogP contribution in [0, 0.1) is 0 Å². The van der Waals surface area contributed by atoms with Gasteiger partial charge in [0.05, 0.1) is 24.9 Å². The lowest BCUT2D eigenvalue weighted by atomic mass is 10.0. The summed E-state index contributed by atoms with van der Waals surface area (Å²) in [5, 5.41) is 43.1. The van der Waals surface area contributed by atoms with Gasteiger partial charge in [-0.1, -0.05) is 193 Å². The summed E-state index contributed by atoms with van der Waals surface area (Å²) in [7, 11) is 0. The monoisotopic (exact) mass is 626 g/mol. The molecule has 0 aromatic rings. The lowest BCUT2D eigenvalue weighted by molar-refractivity contribution is -0.131. The van der Waals surface area contributed by atoms with Crippen LogP contribution >= 0.6 is 0 Å². The summed E-state index contributed by atoms with van der Waals surface area (Å²) in [5.41, 5.74) is 0. The Morgan fingerprint density at radius 2 is 0.864 bits per heavy atom. The van der Waals surface area contributed by atoms with Gasteiger partial charge in [0.1, 0.15) is 6.10 Å². The predicted molar refractivity (Wildman–Crippen MR) is 187 cm³/mol. The summed E-state index contributed by atoms with van der Waals surface area (Å²) in [6, 6.07) is -0.913. The van der Waals surface area contributed by atoms with Crippen molar-refractivity contribution in [1.82, 2.24) is 5.32 Å². The number of aliphatic hydroxyl groups is 4. The Labute approximate surface area is 272 Å². The van der Waals surface area contributed by atoms with E-state index in [-0.39, 0.29) is 0 Å². The molecule has 0 saturated carbocycles. The maximum atomic E-state index is 12.4. The molecule has 1 amide bonds. The fourth-order valence-electron chi connectivity index (χ4n) is 5.85. The Hall–Kier alpha value is -0.950. The SMILES string of the molecule is CCCCCCCCCCCCCCCCCCC(O)C(=O)N[C@@H](CO)[C@H](O)/C=C/[C@H](O)CCCCCCCCCCCC. The minimum atomic E-state index is -1.14. The van der Waals surface area contributed by atoms with E-state index in [1.807, 2.05) is 0 Å². The first-order valence-corrected chi connectivity index (χ1v) is 19.1. The van der Waals surface area contributed by atoms with E-state index in [9.17, 15) is 25.2 Å². The molecule has 262 valence electrons. The summed E-state index contributed by atoms with van der Waals surface area (Å²) in [4.78, 5) is 12.4. The van der Waals surface area contributed by atoms with Crippen LogP contribution in [0.2, 0.25) is 0 Å². The van der Waals surface area contributed by atoms with Gasteiger partial charge >= 0.3 is 0 Å². The van der Waals surface area contributed by atoms with Gasteiger partial charge in [-0.15, -0.1) is 0 Å². The van der Waals surface area contributed by atoms with Gasteiger partial charge < -0.3 is 25.7 Å². The summed E-state index contributed by atoms with van der Waals surface area (Å²) >= 11 is 0. The van der Waals surface area contributed by atoms with Crippen molar-refractivity contribution >= 4 is 5.91 Å². The van der Waals surface area contributed by atoms with Crippen molar-refractivity contribution in [3.63, 3.8) is 0 Å². The second kappa shape index (κ2) is 33.4. The highest BCUT2D eigenvalue weighted by Gasteiger charge is 2.22. The van der Waals surface area contributed by atoms with E-state index in [0.717, 1.165) is 32.1 Å². The molecule has 0 fully saturated rings. The molecule has 0 aliphatic heterocycles. The highest BCUT2D eigenvalue weighted by molar-refractivity contribution is 5.80. The highest BCUT2D eigenvalue weighted by atomic mass is 16.3. The average molecular weight is 626 g/mol. The smallest absolute Gasteiger partial charge is 0.249 e. The molecule has 0 heterocycles. The molecule has 0 bridgehead atoms. The zero-order valence-electron chi connectivity index (χ0n) is 29.2. The quantitative estimate of drug-likeness (QED) is 0.0362. The van der Waals surface area contributed by atoms with Gasteiger partial charge in [0.2, 0.25) is 5.91 Å². The predicted octanol–water partition coefficient (Wildman–Crippen LogP) is 9.07. The number of hydrogen-bond acceptors (Lipinski definition) is 5. The van der Waals surface area contributed by atoms with Crippen LogP contribution < -0.4 is 5.32 Å². The van der Waals surface area contributed by atoms with Crippen LogP contribution in [-0.4, -0.2) is 57.3 Å². The molecule has 1 unspecified atom stereocenters. The third-order valence-electron chi connectivity index (χ3n) is 8.95. The Bertz CT molecular complexity index is 628. The van der Waals surface area contributed by atoms with Crippen LogP contribution in [0.25, 0.3) is 0 Å². The van der Waals surface area contributed by atoms with Gasteiger partial charge in [-0.2, -0.15) is 0 Å². The van der Waals surface area contributed by atoms with Crippen molar-refractivity contribution in [2.75, 3.05) is 6.61 Å². The molecule has 0 aliphatic rings. The van der Waals surface area contributed by atoms with Crippen molar-refractivity contribution in [1.29, 1.82) is 0 Å². The van der Waals surface area contributed by atoms with Crippen LogP contribution in [0.1, 0.15) is 194 Å². The maximum absolute atomic E-state index is 12.4. The van der Waals surface area contributed by atoms with E-state index in [1.54, 1.807) is 6.08 Å². The van der Waals surface area contributed by atoms with Crippen LogP contribution in [0.15, 0.2) is 12.2 Å². The number of carbonyl (C=O) groups is 1. The first kappa shape index (κ1) is 43.0. The van der Waals surface area contributed by atoms with Crippen LogP contribution in [0.5, 0.6) is 0 Å². The Morgan fingerprint density at radius 1 is 0.523 bits per heavy atom. The van der Waals surface area contributed by atoms with Gasteiger partial charge in [0, 0.05) is 0 Å². The van der Waals surface area contributed by atoms with Gasteiger partial charge in [-0.05, 0) is 12.8 Å². The number of carbonyl (C=O) groups excluding carboxylic acids is 1. The molecule has 44 heavy (non-hydrogen) atoms. The highest BCUT2D eigenvalue weighted by Crippen LogP contribution is 2.15. The molecule has 0 saturated heterocycles. The number of nitrogens with one attached hydrogen (secondary N) is 1. The maximum Gasteiger partial charge on any atom is 0.249 e. The average Bonchev–Trinajstić information content (AvgIpc) is 3.02. The molecule has 0 rings (SSSR count). The zero-order chi connectivity index (χ0) is 32.5. The number of rotatable bonds is 34. The molecule has 0 aromatic heterocycles. The summed E-state index contributed by atoms with van der Waals surface area (Å²) in [6.07, 6.45) is 33.9. The first-order chi connectivity index (χ1) is 21.5. The molecule has 0 aromatic carbocycles. The normalized spacial score (nSPS) is 14.6. The van der Waals surface area contributed by atoms with Gasteiger partial charge in [-0.3, -0.25) is 4.79 Å². The first-order valence-electron chi connectivity index (χ1n) is 19.1. The molecule has 6 heteroatoms. The molecule has 4 atom stereocenters. The third-order valence-corrected chi connectivity index (χ3v) is 8.95. The van der Waals surface area contributed by atoms with Crippen LogP contribution in [0.4, 0.5) is 0 Å². The Morgan fingerprint density at radius 3 is 1.23 bits per heavy atom. The van der Waals surface area contributed by atoms with Crippen LogP contribution in [-0.2, 0) is 4.79 Å². The van der Waals surface area contributed by atoms with E-state index in [0.29, 0.717) is 12.8 Å². The Kier molecular flexibility index (Phi) is 32.7. The molecule has 0 radical (unpaired) electrons. The molecular weight excluding hydrogens is 550 g/mol. The lowest BCUT2D eigenvalue weighted by Crippen LogP contribution is -2.48. The Balaban J connectivity index is 3.82. The van der Waals surface area contributed by atoms with Gasteiger partial charge in [0.25, 0.3) is 0 Å². The lowest BCUT2D eigenvalue weighted by Gasteiger charge is -2.22. The minimum Gasteiger partial charge on any atom is -0.394 e. The summed E-state index contributed by atoms with van der Waals surface area (Å²) in [6.45, 7) is 4.06. The molecule has 0 aliphatic carbocycles. The largest absolute Gasteiger partial charge is 0.394 e. The van der Waals surface area contributed by atoms with E-state index in [1.165, 1.54) is 141 Å². The van der Waals surface area contributed by atoms with Crippen molar-refractivity contribution in [2.24, 2.45) is 0 Å². The van der Waals surface area contributed by atoms with Crippen molar-refractivity contribution < 1.29 is 25.2 Å². The second-order valence-corrected chi connectivity index (χ2v) is 13.3. The number of aliphatic hydroxyl groups excluding tert-OH is 4. The number of hydrogen-bond donors (Lipinski definition) is 5. The summed E-state index contributed by atoms with van der Waals surface area (Å²) in [5.74, 6) is -0.566. The van der Waals surface area contributed by atoms with Crippen LogP contribution in [0.3, 0.4) is 0 Å². The topological polar surface area (TPSA) is 110 Å². The number of amides is 1. The minimum absolute atomic E-state index is 0.381. The van der Waals surface area contributed by atoms with E-state index in [2.05, 4.69) is 19.2 Å². The van der Waals surface area contributed by atoms with Gasteiger partial charge in [0.15, 0.2) is 0 Å². The fourth-order valence-corrected chi connectivity index (χ4v) is 5.85. The second-order valence-electron chi connectivity index (χ2n) is 13.3. The standard InChI is InChI=1S/C38H75NO5/c1-3-5-7-9-11-13-15-16-17-18-19-20-22-24-26-28-30-37(43)38(44)39-35(33-40)36(42)32-31-34(41)29-27-25-23-21-14-12-10-8-6-4-2/h31-32,34-37,40-43H,3-30,33H2,1-2H3,(H,39,44)/b32-31+/t34-,35+,36-,37?/m1/s1. The third kappa shape index (κ3) is 28.5. The molecule has 0 spiro atoms. The fraction of sp³-hybridized carbons (Fsp3) is 0.921. The van der Waals surface area contributed by atoms with E-state index < -0.39 is 36.9 Å². The van der Waals surface area contributed by atoms with Crippen molar-refractivity contribution in [2.45, 2.75) is 218 Å². The molecule has 6 nitrogen and oxygen atoms in total. The molecular formula is C38H75NO5. The zero-order valence-corrected chi connectivity index (χ0v) is 29.2. The van der Waals surface area contributed by atoms with Gasteiger partial charge in [-0.25, -0.2) is 0 Å². The summed E-state index contributed by atoms with van der Waals surface area (Å²) < 4.78 is 0. The number of unbranched alkanes of at least 4 members (excludes halogenated alkanes) is 24. The van der Waals surface area contributed by atoms with Crippen molar-refractivity contribution in [3.8, 4) is 0 Å². The van der Waals surface area contributed by atoms with E-state index in [4.69, 9.17) is 0 Å². The molecule has 5 N–H and O–H groups in total.